The normalized spacial score (nSPS) is 25.5. The highest BCUT2D eigenvalue weighted by atomic mass is 32.1. The number of carbonyl (C=O) groups is 1. The van der Waals surface area contributed by atoms with E-state index in [0.717, 1.165) is 44.1 Å². The van der Waals surface area contributed by atoms with Crippen molar-refractivity contribution in [2.45, 2.75) is 13.0 Å². The van der Waals surface area contributed by atoms with Gasteiger partial charge in [-0.25, -0.2) is 4.39 Å². The number of fused-ring (bicyclic) bond motifs is 1. The maximum Gasteiger partial charge on any atom is 0.264 e. The second-order valence-electron chi connectivity index (χ2n) is 6.67. The van der Waals surface area contributed by atoms with E-state index in [1.807, 2.05) is 11.0 Å². The third-order valence-corrected chi connectivity index (χ3v) is 6.18. The van der Waals surface area contributed by atoms with Crippen molar-refractivity contribution in [2.24, 2.45) is 5.92 Å². The van der Waals surface area contributed by atoms with Gasteiger partial charge < -0.3 is 9.64 Å². The number of likely N-dealkylation sites (tertiary alicyclic amines) is 1. The van der Waals surface area contributed by atoms with Crippen molar-refractivity contribution < 1.29 is 13.9 Å². The molecule has 3 heterocycles. The average Bonchev–Trinajstić information content (AvgIpc) is 3.20. The van der Waals surface area contributed by atoms with E-state index in [2.05, 4.69) is 11.8 Å². The van der Waals surface area contributed by atoms with Crippen molar-refractivity contribution >= 4 is 27.3 Å². The molecule has 0 aliphatic carbocycles. The maximum atomic E-state index is 13.9. The number of nitrogens with zero attached hydrogens (tertiary/aromatic N) is 2. The zero-order valence-corrected chi connectivity index (χ0v) is 14.5. The maximum absolute atomic E-state index is 13.9. The van der Waals surface area contributed by atoms with Crippen molar-refractivity contribution in [1.82, 2.24) is 9.80 Å². The summed E-state index contributed by atoms with van der Waals surface area (Å²) in [6.45, 7) is 7.13. The van der Waals surface area contributed by atoms with Crippen LogP contribution >= 0.6 is 11.3 Å². The first-order valence-corrected chi connectivity index (χ1v) is 9.24. The van der Waals surface area contributed by atoms with Crippen LogP contribution < -0.4 is 0 Å². The monoisotopic (exact) mass is 348 g/mol. The lowest BCUT2D eigenvalue weighted by Gasteiger charge is -2.33. The van der Waals surface area contributed by atoms with Crippen LogP contribution in [0, 0.1) is 11.7 Å². The van der Waals surface area contributed by atoms with E-state index in [4.69, 9.17) is 4.74 Å². The van der Waals surface area contributed by atoms with E-state index in [9.17, 15) is 9.18 Å². The zero-order chi connectivity index (χ0) is 16.7. The molecule has 4 rings (SSSR count). The smallest absolute Gasteiger partial charge is 0.264 e. The topological polar surface area (TPSA) is 32.8 Å². The quantitative estimate of drug-likeness (QED) is 0.837. The summed E-state index contributed by atoms with van der Waals surface area (Å²) in [7, 11) is 0. The van der Waals surface area contributed by atoms with Gasteiger partial charge in [0, 0.05) is 42.3 Å². The summed E-state index contributed by atoms with van der Waals surface area (Å²) in [6, 6.07) is 7.08. The predicted octanol–water partition coefficient (Wildman–Crippen LogP) is 2.83. The Morgan fingerprint density at radius 1 is 1.29 bits per heavy atom. The van der Waals surface area contributed by atoms with Gasteiger partial charge in [0.05, 0.1) is 18.1 Å². The minimum atomic E-state index is -0.260. The van der Waals surface area contributed by atoms with Crippen LogP contribution in [0.3, 0.4) is 0 Å². The summed E-state index contributed by atoms with van der Waals surface area (Å²) in [5, 5.41) is 0.544. The highest BCUT2D eigenvalue weighted by Gasteiger charge is 2.37. The third-order valence-electron chi connectivity index (χ3n) is 5.09. The molecular formula is C18H21FN2O2S. The van der Waals surface area contributed by atoms with Gasteiger partial charge >= 0.3 is 0 Å². The molecule has 0 bridgehead atoms. The van der Waals surface area contributed by atoms with E-state index >= 15 is 0 Å². The minimum absolute atomic E-state index is 0.0261. The Hall–Kier alpha value is -1.50. The molecule has 0 unspecified atom stereocenters. The van der Waals surface area contributed by atoms with Gasteiger partial charge in [-0.2, -0.15) is 0 Å². The van der Waals surface area contributed by atoms with Crippen LogP contribution in [0.25, 0.3) is 10.1 Å². The Labute approximate surface area is 144 Å². The number of hydrogen-bond donors (Lipinski definition) is 0. The predicted molar refractivity (Wildman–Crippen MR) is 93.0 cm³/mol. The van der Waals surface area contributed by atoms with E-state index in [0.29, 0.717) is 22.2 Å². The van der Waals surface area contributed by atoms with Crippen LogP contribution in [0.15, 0.2) is 24.3 Å². The first-order valence-electron chi connectivity index (χ1n) is 8.42. The first kappa shape index (κ1) is 16.0. The van der Waals surface area contributed by atoms with Crippen LogP contribution in [0.1, 0.15) is 16.6 Å². The molecule has 0 radical (unpaired) electrons. The number of benzene rings is 1. The Morgan fingerprint density at radius 3 is 2.83 bits per heavy atom. The standard InChI is InChI=1S/C18H21FN2O2S/c1-12-10-21(11-15(12)20-5-7-23-8-6-20)18(22)17-9-13-14(19)3-2-4-16(13)24-17/h2-4,9,12,15H,5-8,10-11H2,1H3/t12-,15+/m1/s1. The number of rotatable bonds is 2. The van der Waals surface area contributed by atoms with Crippen LogP contribution in [0.5, 0.6) is 0 Å². The molecule has 0 N–H and O–H groups in total. The molecule has 4 nitrogen and oxygen atoms in total. The number of morpholine rings is 1. The van der Waals surface area contributed by atoms with Crippen LogP contribution in [0.4, 0.5) is 4.39 Å². The molecular weight excluding hydrogens is 327 g/mol. The Kier molecular flexibility index (Phi) is 4.28. The highest BCUT2D eigenvalue weighted by Crippen LogP contribution is 2.30. The molecule has 0 spiro atoms. The van der Waals surface area contributed by atoms with Gasteiger partial charge in [-0.15, -0.1) is 11.3 Å². The summed E-state index contributed by atoms with van der Waals surface area (Å²) in [6.07, 6.45) is 0. The molecule has 2 saturated heterocycles. The first-order chi connectivity index (χ1) is 11.6. The number of hydrogen-bond acceptors (Lipinski definition) is 4. The zero-order valence-electron chi connectivity index (χ0n) is 13.7. The summed E-state index contributed by atoms with van der Waals surface area (Å²) in [5.74, 6) is 0.208. The van der Waals surface area contributed by atoms with Gasteiger partial charge in [-0.05, 0) is 24.1 Å². The van der Waals surface area contributed by atoms with E-state index < -0.39 is 0 Å². The van der Waals surface area contributed by atoms with E-state index in [1.165, 1.54) is 17.4 Å². The molecule has 24 heavy (non-hydrogen) atoms. The van der Waals surface area contributed by atoms with Gasteiger partial charge in [0.2, 0.25) is 0 Å². The molecule has 2 atom stereocenters. The molecule has 128 valence electrons. The largest absolute Gasteiger partial charge is 0.379 e. The van der Waals surface area contributed by atoms with Gasteiger partial charge in [0.1, 0.15) is 5.82 Å². The minimum Gasteiger partial charge on any atom is -0.379 e. The number of thiophene rings is 1. The van der Waals surface area contributed by atoms with Crippen molar-refractivity contribution in [1.29, 1.82) is 0 Å². The SMILES string of the molecule is C[C@@H]1CN(C(=O)c2cc3c(F)cccc3s2)C[C@@H]1N1CCOCC1. The fraction of sp³-hybridized carbons (Fsp3) is 0.500. The molecule has 2 aromatic rings. The van der Waals surface area contributed by atoms with Crippen molar-refractivity contribution in [3.05, 3.63) is 35.0 Å². The van der Waals surface area contributed by atoms with Crippen LogP contribution in [0.2, 0.25) is 0 Å². The Balaban J connectivity index is 1.52. The van der Waals surface area contributed by atoms with Gasteiger partial charge in [-0.3, -0.25) is 9.69 Å². The molecule has 6 heteroatoms. The summed E-state index contributed by atoms with van der Waals surface area (Å²) >= 11 is 1.38. The molecule has 2 aliphatic rings. The van der Waals surface area contributed by atoms with Crippen molar-refractivity contribution in [2.75, 3.05) is 39.4 Å². The molecule has 1 amide bonds. The lowest BCUT2D eigenvalue weighted by molar-refractivity contribution is 0.0119. The lowest BCUT2D eigenvalue weighted by Crippen LogP contribution is -2.47. The summed E-state index contributed by atoms with van der Waals surface area (Å²) in [5.41, 5.74) is 0. The molecule has 2 aliphatic heterocycles. The fourth-order valence-electron chi connectivity index (χ4n) is 3.79. The summed E-state index contributed by atoms with van der Waals surface area (Å²) < 4.78 is 20.1. The van der Waals surface area contributed by atoms with Gasteiger partial charge in [0.25, 0.3) is 5.91 Å². The van der Waals surface area contributed by atoms with Crippen molar-refractivity contribution in [3.63, 3.8) is 0 Å². The molecule has 1 aromatic heterocycles. The molecule has 2 fully saturated rings. The van der Waals surface area contributed by atoms with Gasteiger partial charge in [-0.1, -0.05) is 13.0 Å². The third kappa shape index (κ3) is 2.83. The summed E-state index contributed by atoms with van der Waals surface area (Å²) in [4.78, 5) is 17.9. The van der Waals surface area contributed by atoms with Crippen LogP contribution in [-0.4, -0.2) is 61.1 Å². The van der Waals surface area contributed by atoms with E-state index in [-0.39, 0.29) is 11.7 Å². The molecule has 1 aromatic carbocycles. The number of halogens is 1. The molecule has 0 saturated carbocycles. The lowest BCUT2D eigenvalue weighted by atomic mass is 10.0. The van der Waals surface area contributed by atoms with Crippen LogP contribution in [-0.2, 0) is 4.74 Å². The second kappa shape index (κ2) is 6.43. The number of ether oxygens (including phenoxy) is 1. The Bertz CT molecular complexity index is 757. The number of carbonyl (C=O) groups excluding carboxylic acids is 1. The fourth-order valence-corrected chi connectivity index (χ4v) is 4.83. The number of amides is 1. The van der Waals surface area contributed by atoms with Crippen molar-refractivity contribution in [3.8, 4) is 0 Å². The average molecular weight is 348 g/mol. The van der Waals surface area contributed by atoms with Gasteiger partial charge in [0.15, 0.2) is 0 Å². The highest BCUT2D eigenvalue weighted by molar-refractivity contribution is 7.20. The van der Waals surface area contributed by atoms with E-state index in [1.54, 1.807) is 12.1 Å². The second-order valence-corrected chi connectivity index (χ2v) is 7.75. The Morgan fingerprint density at radius 2 is 2.08 bits per heavy atom.